The third-order valence-corrected chi connectivity index (χ3v) is 7.70. The van der Waals surface area contributed by atoms with Gasteiger partial charge in [-0.1, -0.05) is 42.0 Å². The highest BCUT2D eigenvalue weighted by Crippen LogP contribution is 2.54. The Morgan fingerprint density at radius 2 is 1.56 bits per heavy atom. The van der Waals surface area contributed by atoms with Crippen molar-refractivity contribution >= 4 is 21.5 Å². The van der Waals surface area contributed by atoms with E-state index in [1.807, 2.05) is 19.1 Å². The number of ketones is 1. The molecule has 0 amide bonds. The maximum atomic E-state index is 13.1. The van der Waals surface area contributed by atoms with Crippen LogP contribution in [0.5, 0.6) is 0 Å². The first-order chi connectivity index (χ1) is 13.0. The monoisotopic (exact) mass is 379 g/mol. The summed E-state index contributed by atoms with van der Waals surface area (Å²) in [6, 6.07) is 6.79. The molecule has 0 aliphatic heterocycles. The van der Waals surface area contributed by atoms with Crippen molar-refractivity contribution in [3.63, 3.8) is 0 Å². The number of fused-ring (bicyclic) bond motifs is 5. The summed E-state index contributed by atoms with van der Waals surface area (Å²) in [6.07, 6.45) is 10.4. The van der Waals surface area contributed by atoms with Crippen LogP contribution in [0.15, 0.2) is 69.0 Å². The number of allylic oxidation sites excluding steroid dienone is 6. The number of carbonyl (C=O) groups excluding carboxylic acids is 1. The molecule has 5 heteroatoms. The van der Waals surface area contributed by atoms with E-state index in [2.05, 4.69) is 16.5 Å². The zero-order valence-electron chi connectivity index (χ0n) is 15.1. The lowest BCUT2D eigenvalue weighted by Gasteiger charge is -2.36. The summed E-state index contributed by atoms with van der Waals surface area (Å²) in [5.74, 6) is 0.411. The molecule has 2 bridgehead atoms. The van der Waals surface area contributed by atoms with Gasteiger partial charge in [0.05, 0.1) is 10.6 Å². The molecular formula is C22H21NO3S. The van der Waals surface area contributed by atoms with Gasteiger partial charge in [0.15, 0.2) is 5.78 Å². The van der Waals surface area contributed by atoms with Gasteiger partial charge < -0.3 is 0 Å². The average Bonchev–Trinajstić information content (AvgIpc) is 3.27. The molecule has 0 saturated heterocycles. The van der Waals surface area contributed by atoms with Gasteiger partial charge in [-0.15, -0.1) is 0 Å². The minimum Gasteiger partial charge on any atom is -0.294 e. The third-order valence-electron chi connectivity index (χ3n) is 6.40. The molecule has 138 valence electrons. The zero-order valence-corrected chi connectivity index (χ0v) is 15.9. The van der Waals surface area contributed by atoms with Crippen LogP contribution in [0.3, 0.4) is 0 Å². The number of sulfonamides is 1. The summed E-state index contributed by atoms with van der Waals surface area (Å²) in [7, 11) is -3.81. The lowest BCUT2D eigenvalue weighted by Crippen LogP contribution is -2.41. The second-order valence-corrected chi connectivity index (χ2v) is 9.57. The maximum absolute atomic E-state index is 13.1. The van der Waals surface area contributed by atoms with Crippen molar-refractivity contribution in [3.8, 4) is 0 Å². The van der Waals surface area contributed by atoms with Crippen molar-refractivity contribution in [1.82, 2.24) is 0 Å². The SMILES string of the molecule is Cc1ccc(S(=O)(=O)/N=C2\C3=C(CC=CC3)C(=O)C3C2[C@@H]2C=C[C@H]3C2)cc1. The highest BCUT2D eigenvalue weighted by molar-refractivity contribution is 7.90. The molecule has 27 heavy (non-hydrogen) atoms. The van der Waals surface area contributed by atoms with E-state index in [0.717, 1.165) is 23.1 Å². The molecule has 4 aliphatic carbocycles. The highest BCUT2D eigenvalue weighted by atomic mass is 32.2. The molecule has 0 spiro atoms. The van der Waals surface area contributed by atoms with Crippen LogP contribution in [-0.4, -0.2) is 19.9 Å². The van der Waals surface area contributed by atoms with E-state index in [1.54, 1.807) is 24.3 Å². The summed E-state index contributed by atoms with van der Waals surface area (Å²) in [5, 5.41) is 0. The van der Waals surface area contributed by atoms with E-state index in [1.165, 1.54) is 0 Å². The Labute approximate surface area is 159 Å². The maximum Gasteiger partial charge on any atom is 0.282 e. The van der Waals surface area contributed by atoms with Crippen molar-refractivity contribution in [2.45, 2.75) is 31.1 Å². The normalized spacial score (nSPS) is 32.9. The fourth-order valence-corrected chi connectivity index (χ4v) is 6.20. The van der Waals surface area contributed by atoms with Gasteiger partial charge in [0.25, 0.3) is 10.0 Å². The molecule has 0 N–H and O–H groups in total. The van der Waals surface area contributed by atoms with E-state index in [0.29, 0.717) is 18.6 Å². The number of nitrogens with zero attached hydrogens (tertiary/aromatic N) is 1. The van der Waals surface area contributed by atoms with Gasteiger partial charge >= 0.3 is 0 Å². The molecule has 1 fully saturated rings. The Kier molecular flexibility index (Phi) is 3.66. The van der Waals surface area contributed by atoms with Crippen LogP contribution in [-0.2, 0) is 14.8 Å². The second-order valence-electron chi connectivity index (χ2n) is 7.97. The van der Waals surface area contributed by atoms with Gasteiger partial charge in [-0.2, -0.15) is 12.8 Å². The van der Waals surface area contributed by atoms with Gasteiger partial charge in [0, 0.05) is 17.4 Å². The van der Waals surface area contributed by atoms with Gasteiger partial charge in [-0.3, -0.25) is 4.79 Å². The molecule has 4 atom stereocenters. The van der Waals surface area contributed by atoms with Crippen LogP contribution in [0.4, 0.5) is 0 Å². The van der Waals surface area contributed by atoms with Crippen molar-refractivity contribution < 1.29 is 13.2 Å². The molecule has 1 saturated carbocycles. The van der Waals surface area contributed by atoms with Crippen LogP contribution < -0.4 is 0 Å². The Balaban J connectivity index is 1.67. The van der Waals surface area contributed by atoms with E-state index >= 15 is 0 Å². The quantitative estimate of drug-likeness (QED) is 0.735. The number of rotatable bonds is 2. The van der Waals surface area contributed by atoms with Crippen LogP contribution in [0, 0.1) is 30.6 Å². The van der Waals surface area contributed by atoms with E-state index < -0.39 is 10.0 Å². The summed E-state index contributed by atoms with van der Waals surface area (Å²) in [5.41, 5.74) is 3.26. The molecule has 1 aromatic rings. The molecule has 0 aromatic heterocycles. The average molecular weight is 379 g/mol. The summed E-state index contributed by atoms with van der Waals surface area (Å²) >= 11 is 0. The van der Waals surface area contributed by atoms with Crippen molar-refractivity contribution in [3.05, 3.63) is 65.3 Å². The predicted molar refractivity (Wildman–Crippen MR) is 104 cm³/mol. The van der Waals surface area contributed by atoms with Crippen LogP contribution in [0.25, 0.3) is 0 Å². The summed E-state index contributed by atoms with van der Waals surface area (Å²) in [4.78, 5) is 13.3. The largest absolute Gasteiger partial charge is 0.294 e. The van der Waals surface area contributed by atoms with Crippen molar-refractivity contribution in [2.24, 2.45) is 28.1 Å². The minimum absolute atomic E-state index is 0.0991. The smallest absolute Gasteiger partial charge is 0.282 e. The number of Topliss-reactive ketones (excluding diaryl/α,β-unsaturated/α-hetero) is 1. The van der Waals surface area contributed by atoms with Gasteiger partial charge in [-0.05, 0) is 55.7 Å². The van der Waals surface area contributed by atoms with E-state index in [4.69, 9.17) is 0 Å². The lowest BCUT2D eigenvalue weighted by molar-refractivity contribution is -0.121. The van der Waals surface area contributed by atoms with Crippen LogP contribution in [0.2, 0.25) is 0 Å². The van der Waals surface area contributed by atoms with Crippen LogP contribution in [0.1, 0.15) is 24.8 Å². The number of carbonyl (C=O) groups is 1. The Morgan fingerprint density at radius 3 is 2.26 bits per heavy atom. The standard InChI is InChI=1S/C22H21NO3S/c1-13-6-10-16(11-7-13)27(25,26)23-21-17-4-2-3-5-18(17)22(24)20-15-9-8-14(12-15)19(20)21/h2-3,6-11,14-15,19-20H,4-5,12H2,1H3/b23-21+/t14-,15+,19?,20?/m1/s1. The molecule has 4 aliphatic rings. The minimum atomic E-state index is -3.81. The fraction of sp³-hybridized carbons (Fsp3) is 0.364. The molecule has 4 nitrogen and oxygen atoms in total. The Bertz CT molecular complexity index is 1060. The summed E-state index contributed by atoms with van der Waals surface area (Å²) in [6.45, 7) is 1.92. The topological polar surface area (TPSA) is 63.6 Å². The first kappa shape index (κ1) is 16.9. The summed E-state index contributed by atoms with van der Waals surface area (Å²) < 4.78 is 30.4. The highest BCUT2D eigenvalue weighted by Gasteiger charge is 2.54. The zero-order chi connectivity index (χ0) is 18.8. The third kappa shape index (κ3) is 2.52. The molecular weight excluding hydrogens is 358 g/mol. The first-order valence-electron chi connectivity index (χ1n) is 9.47. The molecule has 2 unspecified atom stereocenters. The van der Waals surface area contributed by atoms with Gasteiger partial charge in [0.1, 0.15) is 0 Å². The van der Waals surface area contributed by atoms with E-state index in [-0.39, 0.29) is 34.4 Å². The van der Waals surface area contributed by atoms with Crippen molar-refractivity contribution in [2.75, 3.05) is 0 Å². The van der Waals surface area contributed by atoms with Gasteiger partial charge in [-0.25, -0.2) is 0 Å². The van der Waals surface area contributed by atoms with E-state index in [9.17, 15) is 13.2 Å². The number of benzene rings is 1. The van der Waals surface area contributed by atoms with Crippen molar-refractivity contribution in [1.29, 1.82) is 0 Å². The molecule has 5 rings (SSSR count). The lowest BCUT2D eigenvalue weighted by atomic mass is 9.67. The predicted octanol–water partition coefficient (Wildman–Crippen LogP) is 3.79. The number of hydrogen-bond donors (Lipinski definition) is 0. The van der Waals surface area contributed by atoms with Crippen LogP contribution >= 0.6 is 0 Å². The molecule has 0 radical (unpaired) electrons. The number of aryl methyl sites for hydroxylation is 1. The molecule has 0 heterocycles. The second kappa shape index (κ2) is 5.86. The number of hydrogen-bond acceptors (Lipinski definition) is 3. The Morgan fingerprint density at radius 1 is 0.926 bits per heavy atom. The fourth-order valence-electron chi connectivity index (χ4n) is 5.12. The first-order valence-corrected chi connectivity index (χ1v) is 10.9. The molecule has 1 aromatic carbocycles. The van der Waals surface area contributed by atoms with Gasteiger partial charge in [0.2, 0.25) is 0 Å². The Hall–Kier alpha value is -2.27.